The van der Waals surface area contributed by atoms with Crippen molar-refractivity contribution in [3.05, 3.63) is 29.5 Å². The molecule has 0 amide bonds. The van der Waals surface area contributed by atoms with Crippen molar-refractivity contribution in [3.8, 4) is 17.0 Å². The van der Waals surface area contributed by atoms with Gasteiger partial charge in [-0.25, -0.2) is 13.6 Å². The van der Waals surface area contributed by atoms with E-state index in [0.29, 0.717) is 0 Å². The molecule has 2 rings (SSSR count). The minimum Gasteiger partial charge on any atom is -0.494 e. The Hall–Kier alpha value is -2.51. The standard InChI is InChI=1S/C13H13F2N3O3/c1-3-20-7-5-8(14)10(9(15)6-7)11-12(17-18-16-11)13(19)21-4-2/h5-6H,3-4H2,1-2H3,(H,16,17,18). The Morgan fingerprint density at radius 1 is 1.19 bits per heavy atom. The van der Waals surface area contributed by atoms with E-state index in [1.807, 2.05) is 0 Å². The number of carbonyl (C=O) groups is 1. The van der Waals surface area contributed by atoms with Gasteiger partial charge in [0, 0.05) is 12.1 Å². The van der Waals surface area contributed by atoms with Crippen molar-refractivity contribution in [1.82, 2.24) is 15.4 Å². The minimum atomic E-state index is -0.905. The molecule has 0 saturated heterocycles. The lowest BCUT2D eigenvalue weighted by Crippen LogP contribution is -2.08. The van der Waals surface area contributed by atoms with Crippen LogP contribution in [0.5, 0.6) is 5.75 Å². The molecule has 0 saturated carbocycles. The van der Waals surface area contributed by atoms with Crippen LogP contribution in [0.2, 0.25) is 0 Å². The second-order valence-corrected chi connectivity index (χ2v) is 3.94. The van der Waals surface area contributed by atoms with E-state index in [1.165, 1.54) is 0 Å². The van der Waals surface area contributed by atoms with Gasteiger partial charge in [-0.3, -0.25) is 0 Å². The highest BCUT2D eigenvalue weighted by Crippen LogP contribution is 2.30. The fourth-order valence-electron chi connectivity index (χ4n) is 1.77. The van der Waals surface area contributed by atoms with Gasteiger partial charge in [-0.05, 0) is 13.8 Å². The quantitative estimate of drug-likeness (QED) is 0.857. The highest BCUT2D eigenvalue weighted by Gasteiger charge is 2.25. The molecule has 0 fully saturated rings. The number of esters is 1. The molecule has 2 aromatic rings. The van der Waals surface area contributed by atoms with Gasteiger partial charge in [-0.1, -0.05) is 0 Å². The van der Waals surface area contributed by atoms with Gasteiger partial charge in [0.15, 0.2) is 5.69 Å². The molecule has 1 aromatic heterocycles. The number of rotatable bonds is 5. The summed E-state index contributed by atoms with van der Waals surface area (Å²) in [4.78, 5) is 11.7. The molecule has 0 spiro atoms. The summed E-state index contributed by atoms with van der Waals surface area (Å²) in [6.45, 7) is 3.69. The van der Waals surface area contributed by atoms with Gasteiger partial charge >= 0.3 is 5.97 Å². The molecule has 0 aliphatic heterocycles. The Kier molecular flexibility index (Phi) is 4.46. The maximum absolute atomic E-state index is 14.1. The molecule has 21 heavy (non-hydrogen) atoms. The van der Waals surface area contributed by atoms with E-state index >= 15 is 0 Å². The van der Waals surface area contributed by atoms with Crippen LogP contribution in [0.1, 0.15) is 24.3 Å². The summed E-state index contributed by atoms with van der Waals surface area (Å²) < 4.78 is 37.9. The molecule has 0 radical (unpaired) electrons. The summed E-state index contributed by atoms with van der Waals surface area (Å²) in [6, 6.07) is 2.04. The van der Waals surface area contributed by atoms with Crippen molar-refractivity contribution in [2.45, 2.75) is 13.8 Å². The predicted octanol–water partition coefficient (Wildman–Crippen LogP) is 2.33. The molecule has 0 aliphatic rings. The molecule has 112 valence electrons. The highest BCUT2D eigenvalue weighted by molar-refractivity contribution is 5.94. The molecule has 0 unspecified atom stereocenters. The first kappa shape index (κ1) is 14.9. The minimum absolute atomic E-state index is 0.0532. The van der Waals surface area contributed by atoms with Gasteiger partial charge in [-0.15, -0.1) is 5.10 Å². The lowest BCUT2D eigenvalue weighted by Gasteiger charge is -2.07. The maximum atomic E-state index is 14.1. The van der Waals surface area contributed by atoms with Gasteiger partial charge in [0.1, 0.15) is 23.1 Å². The van der Waals surface area contributed by atoms with Crippen LogP contribution in [-0.4, -0.2) is 34.6 Å². The number of nitrogens with zero attached hydrogens (tertiary/aromatic N) is 2. The van der Waals surface area contributed by atoms with E-state index in [1.54, 1.807) is 13.8 Å². The highest BCUT2D eigenvalue weighted by atomic mass is 19.1. The fourth-order valence-corrected chi connectivity index (χ4v) is 1.77. The first-order valence-electron chi connectivity index (χ1n) is 6.28. The third kappa shape index (κ3) is 2.99. The molecule has 0 bridgehead atoms. The van der Waals surface area contributed by atoms with Crippen LogP contribution in [-0.2, 0) is 4.74 Å². The van der Waals surface area contributed by atoms with Crippen molar-refractivity contribution in [2.75, 3.05) is 13.2 Å². The lowest BCUT2D eigenvalue weighted by molar-refractivity contribution is 0.0520. The Morgan fingerprint density at radius 3 is 2.43 bits per heavy atom. The first-order valence-corrected chi connectivity index (χ1v) is 6.28. The van der Waals surface area contributed by atoms with Gasteiger partial charge in [0.25, 0.3) is 0 Å². The Labute approximate surface area is 119 Å². The summed E-state index contributed by atoms with van der Waals surface area (Å²) >= 11 is 0. The van der Waals surface area contributed by atoms with Crippen LogP contribution in [0, 0.1) is 11.6 Å². The van der Waals surface area contributed by atoms with Gasteiger partial charge in [0.2, 0.25) is 0 Å². The summed E-state index contributed by atoms with van der Waals surface area (Å²) in [7, 11) is 0. The largest absolute Gasteiger partial charge is 0.494 e. The number of benzene rings is 1. The second kappa shape index (κ2) is 6.29. The lowest BCUT2D eigenvalue weighted by atomic mass is 10.1. The first-order chi connectivity index (χ1) is 10.1. The van der Waals surface area contributed by atoms with Gasteiger partial charge in [0.05, 0.1) is 18.8 Å². The molecule has 6 nitrogen and oxygen atoms in total. The number of aromatic nitrogens is 3. The van der Waals surface area contributed by atoms with Crippen LogP contribution in [0.4, 0.5) is 8.78 Å². The van der Waals surface area contributed by atoms with Gasteiger partial charge in [-0.2, -0.15) is 10.3 Å². The van der Waals surface area contributed by atoms with Crippen LogP contribution in [0.25, 0.3) is 11.3 Å². The third-order valence-electron chi connectivity index (χ3n) is 2.58. The average molecular weight is 297 g/mol. The zero-order chi connectivity index (χ0) is 15.4. The van der Waals surface area contributed by atoms with E-state index in [2.05, 4.69) is 15.4 Å². The smallest absolute Gasteiger partial charge is 0.361 e. The zero-order valence-corrected chi connectivity index (χ0v) is 11.4. The van der Waals surface area contributed by atoms with E-state index < -0.39 is 23.2 Å². The molecule has 1 aromatic carbocycles. The van der Waals surface area contributed by atoms with Crippen molar-refractivity contribution >= 4 is 5.97 Å². The molecular weight excluding hydrogens is 284 g/mol. The number of hydrogen-bond acceptors (Lipinski definition) is 5. The monoisotopic (exact) mass is 297 g/mol. The number of hydrogen-bond donors (Lipinski definition) is 1. The van der Waals surface area contributed by atoms with Crippen LogP contribution in [0.15, 0.2) is 12.1 Å². The Balaban J connectivity index is 2.48. The number of halogens is 2. The SMILES string of the molecule is CCOC(=O)c1n[nH]nc1-c1c(F)cc(OCC)cc1F. The van der Waals surface area contributed by atoms with Crippen LogP contribution in [0.3, 0.4) is 0 Å². The summed E-state index contributed by atoms with van der Waals surface area (Å²) in [5.41, 5.74) is -0.986. The molecule has 0 aliphatic carbocycles. The van der Waals surface area contributed by atoms with Gasteiger partial charge < -0.3 is 9.47 Å². The van der Waals surface area contributed by atoms with Crippen molar-refractivity contribution in [3.63, 3.8) is 0 Å². The third-order valence-corrected chi connectivity index (χ3v) is 2.58. The van der Waals surface area contributed by atoms with Crippen molar-refractivity contribution in [1.29, 1.82) is 0 Å². The summed E-state index contributed by atoms with van der Waals surface area (Å²) in [6.07, 6.45) is 0. The number of ether oxygens (including phenoxy) is 2. The van der Waals surface area contributed by atoms with E-state index in [-0.39, 0.29) is 30.4 Å². The van der Waals surface area contributed by atoms with Crippen molar-refractivity contribution in [2.24, 2.45) is 0 Å². The Morgan fingerprint density at radius 2 is 1.86 bits per heavy atom. The number of nitrogens with one attached hydrogen (secondary N) is 1. The molecule has 0 atom stereocenters. The van der Waals surface area contributed by atoms with E-state index in [4.69, 9.17) is 9.47 Å². The maximum Gasteiger partial charge on any atom is 0.361 e. The van der Waals surface area contributed by atoms with E-state index in [0.717, 1.165) is 12.1 Å². The zero-order valence-electron chi connectivity index (χ0n) is 11.4. The molecular formula is C13H13F2N3O3. The molecule has 1 heterocycles. The van der Waals surface area contributed by atoms with E-state index in [9.17, 15) is 13.6 Å². The average Bonchev–Trinajstić information content (AvgIpc) is 2.87. The fraction of sp³-hybridized carbons (Fsp3) is 0.308. The number of carbonyl (C=O) groups excluding carboxylic acids is 1. The molecule has 8 heteroatoms. The number of aromatic amines is 1. The van der Waals surface area contributed by atoms with Crippen LogP contribution >= 0.6 is 0 Å². The summed E-state index contributed by atoms with van der Waals surface area (Å²) in [5.74, 6) is -2.57. The van der Waals surface area contributed by atoms with Crippen molar-refractivity contribution < 1.29 is 23.0 Å². The molecule has 1 N–H and O–H groups in total. The number of H-pyrrole nitrogens is 1. The van der Waals surface area contributed by atoms with Crippen LogP contribution < -0.4 is 4.74 Å². The normalized spacial score (nSPS) is 10.5. The topological polar surface area (TPSA) is 77.1 Å². The second-order valence-electron chi connectivity index (χ2n) is 3.94. The summed E-state index contributed by atoms with van der Waals surface area (Å²) in [5, 5.41) is 9.37. The predicted molar refractivity (Wildman–Crippen MR) is 68.9 cm³/mol. The Bertz CT molecular complexity index is 635.